The van der Waals surface area contributed by atoms with Crippen LogP contribution in [0.1, 0.15) is 12.0 Å². The Kier molecular flexibility index (Phi) is 5.20. The maximum atomic E-state index is 13.8. The van der Waals surface area contributed by atoms with E-state index in [1.165, 1.54) is 6.07 Å². The van der Waals surface area contributed by atoms with Crippen LogP contribution in [-0.4, -0.2) is 42.7 Å². The molecule has 1 aliphatic heterocycles. The van der Waals surface area contributed by atoms with Crippen molar-refractivity contribution in [2.75, 3.05) is 43.4 Å². The largest absolute Gasteiger partial charge is 0.506 e. The van der Waals surface area contributed by atoms with Crippen LogP contribution < -0.4 is 10.6 Å². The highest BCUT2D eigenvalue weighted by Gasteiger charge is 2.18. The summed E-state index contributed by atoms with van der Waals surface area (Å²) in [5.74, 6) is -0.00103. The van der Waals surface area contributed by atoms with Gasteiger partial charge in [-0.1, -0.05) is 18.2 Å². The maximum absolute atomic E-state index is 13.8. The third kappa shape index (κ3) is 3.97. The molecule has 1 fully saturated rings. The molecule has 5 heteroatoms. The number of para-hydroxylation sites is 1. The second-order valence-corrected chi connectivity index (χ2v) is 6.28. The van der Waals surface area contributed by atoms with Crippen LogP contribution in [0, 0.1) is 5.82 Å². The zero-order valence-electron chi connectivity index (χ0n) is 13.8. The Hall–Kier alpha value is -2.27. The van der Waals surface area contributed by atoms with Gasteiger partial charge in [-0.05, 0) is 49.2 Å². The van der Waals surface area contributed by atoms with Crippen molar-refractivity contribution in [3.05, 3.63) is 53.8 Å². The molecule has 2 aromatic carbocycles. The number of nitrogens with zero attached hydrogens (tertiary/aromatic N) is 2. The average molecular weight is 329 g/mol. The summed E-state index contributed by atoms with van der Waals surface area (Å²) in [6, 6.07) is 12.4. The van der Waals surface area contributed by atoms with E-state index in [1.54, 1.807) is 12.1 Å². The minimum absolute atomic E-state index is 0.142. The number of phenols is 1. The van der Waals surface area contributed by atoms with Crippen molar-refractivity contribution in [2.45, 2.75) is 12.8 Å². The first-order valence-corrected chi connectivity index (χ1v) is 8.42. The number of aryl methyl sites for hydroxylation is 1. The number of benzene rings is 2. The summed E-state index contributed by atoms with van der Waals surface area (Å²) in [6.45, 7) is 4.63. The van der Waals surface area contributed by atoms with Crippen molar-refractivity contribution in [2.24, 2.45) is 0 Å². The lowest BCUT2D eigenvalue weighted by Gasteiger charge is -2.36. The third-order valence-corrected chi connectivity index (χ3v) is 4.60. The van der Waals surface area contributed by atoms with Gasteiger partial charge in [-0.15, -0.1) is 0 Å². The number of phenolic OH excluding ortho intramolecular Hbond substituents is 1. The van der Waals surface area contributed by atoms with Crippen LogP contribution in [0.15, 0.2) is 42.5 Å². The highest BCUT2D eigenvalue weighted by atomic mass is 19.1. The van der Waals surface area contributed by atoms with Crippen LogP contribution in [-0.2, 0) is 6.42 Å². The predicted molar refractivity (Wildman–Crippen MR) is 95.9 cm³/mol. The van der Waals surface area contributed by atoms with Gasteiger partial charge in [-0.25, -0.2) is 4.39 Å². The molecule has 2 aromatic rings. The van der Waals surface area contributed by atoms with E-state index >= 15 is 0 Å². The summed E-state index contributed by atoms with van der Waals surface area (Å²) >= 11 is 0. The van der Waals surface area contributed by atoms with Gasteiger partial charge >= 0.3 is 0 Å². The second kappa shape index (κ2) is 7.53. The molecule has 0 radical (unpaired) electrons. The molecule has 0 saturated carbocycles. The van der Waals surface area contributed by atoms with Gasteiger partial charge < -0.3 is 15.7 Å². The number of nitrogen functional groups attached to an aromatic ring is 1. The van der Waals surface area contributed by atoms with Crippen LogP contribution >= 0.6 is 0 Å². The molecule has 0 spiro atoms. The molecule has 0 atom stereocenters. The Bertz CT molecular complexity index is 684. The molecule has 0 aliphatic carbocycles. The van der Waals surface area contributed by atoms with Crippen LogP contribution in [0.2, 0.25) is 0 Å². The first-order chi connectivity index (χ1) is 11.6. The smallest absolute Gasteiger partial charge is 0.146 e. The fraction of sp³-hybridized carbons (Fsp3) is 0.368. The monoisotopic (exact) mass is 329 g/mol. The summed E-state index contributed by atoms with van der Waals surface area (Å²) in [6.07, 6.45) is 1.99. The number of piperazine rings is 1. The summed E-state index contributed by atoms with van der Waals surface area (Å²) < 4.78 is 13.8. The minimum Gasteiger partial charge on any atom is -0.506 e. The number of nitrogens with two attached hydrogens (primary N) is 1. The highest BCUT2D eigenvalue weighted by Crippen LogP contribution is 2.22. The minimum atomic E-state index is -0.143. The molecule has 3 N–H and O–H groups in total. The SMILES string of the molecule is Nc1cc(CCCN2CCN(c3ccccc3F)CC2)ccc1O. The fourth-order valence-corrected chi connectivity index (χ4v) is 3.19. The Morgan fingerprint density at radius 2 is 1.79 bits per heavy atom. The van der Waals surface area contributed by atoms with Gasteiger partial charge in [-0.3, -0.25) is 4.90 Å². The van der Waals surface area contributed by atoms with E-state index in [0.29, 0.717) is 11.4 Å². The Balaban J connectivity index is 1.44. The van der Waals surface area contributed by atoms with E-state index in [-0.39, 0.29) is 11.6 Å². The quantitative estimate of drug-likeness (QED) is 0.654. The van der Waals surface area contributed by atoms with Crippen molar-refractivity contribution in [3.8, 4) is 5.75 Å². The van der Waals surface area contributed by atoms with Crippen LogP contribution in [0.25, 0.3) is 0 Å². The van der Waals surface area contributed by atoms with E-state index in [2.05, 4.69) is 9.80 Å². The molecular weight excluding hydrogens is 305 g/mol. The highest BCUT2D eigenvalue weighted by molar-refractivity contribution is 5.53. The molecule has 128 valence electrons. The lowest BCUT2D eigenvalue weighted by Crippen LogP contribution is -2.47. The van der Waals surface area contributed by atoms with Crippen molar-refractivity contribution in [3.63, 3.8) is 0 Å². The lowest BCUT2D eigenvalue weighted by atomic mass is 10.1. The Morgan fingerprint density at radius 1 is 1.04 bits per heavy atom. The topological polar surface area (TPSA) is 52.7 Å². The molecule has 0 bridgehead atoms. The van der Waals surface area contributed by atoms with Gasteiger partial charge in [-0.2, -0.15) is 0 Å². The summed E-state index contributed by atoms with van der Waals surface area (Å²) in [4.78, 5) is 4.54. The molecule has 3 rings (SSSR count). The zero-order valence-corrected chi connectivity index (χ0v) is 13.8. The maximum Gasteiger partial charge on any atom is 0.146 e. The average Bonchev–Trinajstić information content (AvgIpc) is 2.59. The molecule has 0 aromatic heterocycles. The van der Waals surface area contributed by atoms with Gasteiger partial charge in [0.15, 0.2) is 0 Å². The molecule has 24 heavy (non-hydrogen) atoms. The number of hydrogen-bond acceptors (Lipinski definition) is 4. The van der Waals surface area contributed by atoms with Gasteiger partial charge in [0.1, 0.15) is 11.6 Å². The lowest BCUT2D eigenvalue weighted by molar-refractivity contribution is 0.254. The number of halogens is 1. The standard InChI is InChI=1S/C19H24FN3O/c20-16-5-1-2-6-18(16)23-12-10-22(11-13-23)9-3-4-15-7-8-19(24)17(21)14-15/h1-2,5-8,14,24H,3-4,9-13,21H2. The molecule has 1 aliphatic rings. The zero-order chi connectivity index (χ0) is 16.9. The van der Waals surface area contributed by atoms with E-state index < -0.39 is 0 Å². The van der Waals surface area contributed by atoms with Gasteiger partial charge in [0.25, 0.3) is 0 Å². The van der Waals surface area contributed by atoms with E-state index in [4.69, 9.17) is 5.73 Å². The van der Waals surface area contributed by atoms with Crippen molar-refractivity contribution < 1.29 is 9.50 Å². The van der Waals surface area contributed by atoms with Gasteiger partial charge in [0.2, 0.25) is 0 Å². The summed E-state index contributed by atoms with van der Waals surface area (Å²) in [5.41, 5.74) is 8.01. The van der Waals surface area contributed by atoms with Crippen molar-refractivity contribution in [1.29, 1.82) is 0 Å². The Labute approximate surface area is 142 Å². The first kappa shape index (κ1) is 16.6. The van der Waals surface area contributed by atoms with E-state index in [0.717, 1.165) is 51.1 Å². The number of anilines is 2. The van der Waals surface area contributed by atoms with E-state index in [9.17, 15) is 9.50 Å². The summed E-state index contributed by atoms with van der Waals surface area (Å²) in [7, 11) is 0. The predicted octanol–water partition coefficient (Wildman–Crippen LogP) is 2.87. The molecule has 4 nitrogen and oxygen atoms in total. The third-order valence-electron chi connectivity index (χ3n) is 4.60. The Morgan fingerprint density at radius 3 is 2.50 bits per heavy atom. The summed E-state index contributed by atoms with van der Waals surface area (Å²) in [5, 5.41) is 9.45. The molecule has 0 unspecified atom stereocenters. The normalized spacial score (nSPS) is 15.6. The number of rotatable bonds is 5. The van der Waals surface area contributed by atoms with Crippen LogP contribution in [0.4, 0.5) is 15.8 Å². The second-order valence-electron chi connectivity index (χ2n) is 6.28. The number of hydrogen-bond donors (Lipinski definition) is 2. The molecule has 1 heterocycles. The van der Waals surface area contributed by atoms with Crippen LogP contribution in [0.3, 0.4) is 0 Å². The van der Waals surface area contributed by atoms with Crippen molar-refractivity contribution >= 4 is 11.4 Å². The molecular formula is C19H24FN3O. The number of aromatic hydroxyl groups is 1. The van der Waals surface area contributed by atoms with Gasteiger partial charge in [0.05, 0.1) is 11.4 Å². The van der Waals surface area contributed by atoms with Gasteiger partial charge in [0, 0.05) is 26.2 Å². The van der Waals surface area contributed by atoms with Crippen molar-refractivity contribution in [1.82, 2.24) is 4.90 Å². The fourth-order valence-electron chi connectivity index (χ4n) is 3.19. The van der Waals surface area contributed by atoms with Crippen LogP contribution in [0.5, 0.6) is 5.75 Å². The molecule has 1 saturated heterocycles. The first-order valence-electron chi connectivity index (χ1n) is 8.42. The van der Waals surface area contributed by atoms with E-state index in [1.807, 2.05) is 24.3 Å². The molecule has 0 amide bonds.